The lowest BCUT2D eigenvalue weighted by atomic mass is 10.0. The zero-order valence-corrected chi connectivity index (χ0v) is 12.4. The molecule has 0 saturated heterocycles. The van der Waals surface area contributed by atoms with Gasteiger partial charge in [0, 0.05) is 5.39 Å². The number of aliphatic hydroxyl groups is 1. The van der Waals surface area contributed by atoms with E-state index in [1.165, 1.54) is 13.2 Å². The van der Waals surface area contributed by atoms with Crippen molar-refractivity contribution in [2.24, 2.45) is 0 Å². The van der Waals surface area contributed by atoms with Crippen molar-refractivity contribution >= 4 is 16.7 Å². The highest BCUT2D eigenvalue weighted by atomic mass is 16.4. The van der Waals surface area contributed by atoms with Crippen molar-refractivity contribution < 1.29 is 14.3 Å². The van der Waals surface area contributed by atoms with E-state index in [2.05, 4.69) is 15.5 Å². The molecule has 118 valence electrons. The van der Waals surface area contributed by atoms with Crippen LogP contribution in [0.5, 0.6) is 0 Å². The Kier molecular flexibility index (Phi) is 3.71. The minimum atomic E-state index is -1.35. The Morgan fingerprint density at radius 1 is 1.30 bits per heavy atom. The molecule has 0 aliphatic heterocycles. The van der Waals surface area contributed by atoms with Crippen LogP contribution in [0.15, 0.2) is 51.9 Å². The maximum atomic E-state index is 12.3. The number of hydrogen-bond donors (Lipinski definition) is 3. The topological polar surface area (TPSA) is 108 Å². The normalized spacial score (nSPS) is 13.7. The second-order valence-corrected chi connectivity index (χ2v) is 5.38. The molecule has 1 unspecified atom stereocenters. The zero-order chi connectivity index (χ0) is 16.4. The number of rotatable bonds is 4. The fourth-order valence-electron chi connectivity index (χ4n) is 2.30. The molecule has 3 N–H and O–H groups in total. The molecule has 23 heavy (non-hydrogen) atoms. The summed E-state index contributed by atoms with van der Waals surface area (Å²) in [5, 5.41) is 19.9. The molecule has 3 aromatic rings. The minimum Gasteiger partial charge on any atom is -0.466 e. The Bertz CT molecular complexity index is 897. The van der Waals surface area contributed by atoms with Crippen molar-refractivity contribution in [3.8, 4) is 0 Å². The van der Waals surface area contributed by atoms with Crippen LogP contribution in [-0.2, 0) is 5.60 Å². The molecule has 1 aromatic carbocycles. The van der Waals surface area contributed by atoms with Gasteiger partial charge in [-0.2, -0.15) is 5.10 Å². The number of H-pyrrole nitrogens is 1. The SMILES string of the molecule is CC(O)(CNC(=O)c1n[nH]c(=O)c2ccccc12)c1ccco1. The highest BCUT2D eigenvalue weighted by molar-refractivity contribution is 6.04. The van der Waals surface area contributed by atoms with Crippen molar-refractivity contribution in [3.05, 3.63) is 64.5 Å². The third-order valence-corrected chi connectivity index (χ3v) is 3.56. The van der Waals surface area contributed by atoms with Gasteiger partial charge in [0.25, 0.3) is 11.5 Å². The minimum absolute atomic E-state index is 0.0610. The molecular weight excluding hydrogens is 298 g/mol. The smallest absolute Gasteiger partial charge is 0.272 e. The van der Waals surface area contributed by atoms with Crippen LogP contribution in [0.2, 0.25) is 0 Å². The molecule has 2 heterocycles. The van der Waals surface area contributed by atoms with E-state index in [4.69, 9.17) is 4.42 Å². The summed E-state index contributed by atoms with van der Waals surface area (Å²) < 4.78 is 5.16. The Hall–Kier alpha value is -2.93. The van der Waals surface area contributed by atoms with Gasteiger partial charge in [-0.1, -0.05) is 18.2 Å². The maximum absolute atomic E-state index is 12.3. The second-order valence-electron chi connectivity index (χ2n) is 5.38. The van der Waals surface area contributed by atoms with Crippen LogP contribution < -0.4 is 10.9 Å². The Morgan fingerprint density at radius 3 is 2.74 bits per heavy atom. The summed E-state index contributed by atoms with van der Waals surface area (Å²) in [5.74, 6) is -0.152. The first-order valence-electron chi connectivity index (χ1n) is 7.01. The first-order chi connectivity index (χ1) is 11.0. The highest BCUT2D eigenvalue weighted by Crippen LogP contribution is 2.20. The van der Waals surface area contributed by atoms with Crippen molar-refractivity contribution in [1.29, 1.82) is 0 Å². The highest BCUT2D eigenvalue weighted by Gasteiger charge is 2.27. The molecule has 0 spiro atoms. The number of amides is 1. The van der Waals surface area contributed by atoms with E-state index in [1.54, 1.807) is 36.4 Å². The third-order valence-electron chi connectivity index (χ3n) is 3.56. The van der Waals surface area contributed by atoms with Crippen molar-refractivity contribution in [3.63, 3.8) is 0 Å². The van der Waals surface area contributed by atoms with Crippen LogP contribution in [0.25, 0.3) is 10.8 Å². The fraction of sp³-hybridized carbons (Fsp3) is 0.188. The average Bonchev–Trinajstić information content (AvgIpc) is 3.09. The molecule has 0 fully saturated rings. The summed E-state index contributed by atoms with van der Waals surface area (Å²) >= 11 is 0. The standard InChI is InChI=1S/C16H15N3O4/c1-16(22,12-7-4-8-23-12)9-17-15(21)13-10-5-2-3-6-11(10)14(20)19-18-13/h2-8,22H,9H2,1H3,(H,17,21)(H,19,20). The lowest BCUT2D eigenvalue weighted by molar-refractivity contribution is 0.0329. The van der Waals surface area contributed by atoms with Gasteiger partial charge in [0.2, 0.25) is 0 Å². The fourth-order valence-corrected chi connectivity index (χ4v) is 2.30. The van der Waals surface area contributed by atoms with Gasteiger partial charge >= 0.3 is 0 Å². The van der Waals surface area contributed by atoms with Crippen LogP contribution in [0.4, 0.5) is 0 Å². The van der Waals surface area contributed by atoms with Gasteiger partial charge in [0.05, 0.1) is 18.2 Å². The van der Waals surface area contributed by atoms with E-state index < -0.39 is 11.5 Å². The summed E-state index contributed by atoms with van der Waals surface area (Å²) in [7, 11) is 0. The number of aromatic nitrogens is 2. The van der Waals surface area contributed by atoms with E-state index in [0.717, 1.165) is 0 Å². The molecule has 0 bridgehead atoms. The lowest BCUT2D eigenvalue weighted by Gasteiger charge is -2.21. The number of hydrogen-bond acceptors (Lipinski definition) is 5. The number of carbonyl (C=O) groups excluding carboxylic acids is 1. The van der Waals surface area contributed by atoms with E-state index in [1.807, 2.05) is 0 Å². The third kappa shape index (κ3) is 2.86. The summed E-state index contributed by atoms with van der Waals surface area (Å²) in [6.07, 6.45) is 1.45. The van der Waals surface area contributed by atoms with Gasteiger partial charge in [-0.15, -0.1) is 0 Å². The quantitative estimate of drug-likeness (QED) is 0.669. The molecule has 2 aromatic heterocycles. The number of furan rings is 1. The molecule has 0 radical (unpaired) electrons. The molecule has 0 aliphatic carbocycles. The molecule has 7 heteroatoms. The number of carbonyl (C=O) groups is 1. The van der Waals surface area contributed by atoms with Gasteiger partial charge in [-0.3, -0.25) is 9.59 Å². The predicted molar refractivity (Wildman–Crippen MR) is 83.0 cm³/mol. The Balaban J connectivity index is 1.85. The zero-order valence-electron chi connectivity index (χ0n) is 12.4. The molecule has 0 saturated carbocycles. The number of nitrogens with zero attached hydrogens (tertiary/aromatic N) is 1. The van der Waals surface area contributed by atoms with E-state index in [0.29, 0.717) is 16.5 Å². The maximum Gasteiger partial charge on any atom is 0.272 e. The van der Waals surface area contributed by atoms with Gasteiger partial charge in [0.1, 0.15) is 11.4 Å². The monoisotopic (exact) mass is 313 g/mol. The Labute approximate surface area is 130 Å². The summed E-state index contributed by atoms with van der Waals surface area (Å²) in [6, 6.07) is 9.98. The average molecular weight is 313 g/mol. The van der Waals surface area contributed by atoms with E-state index >= 15 is 0 Å². The first-order valence-corrected chi connectivity index (χ1v) is 7.01. The first kappa shape index (κ1) is 15.0. The van der Waals surface area contributed by atoms with Gasteiger partial charge in [-0.25, -0.2) is 5.10 Å². The number of fused-ring (bicyclic) bond motifs is 1. The van der Waals surface area contributed by atoms with Crippen molar-refractivity contribution in [2.45, 2.75) is 12.5 Å². The van der Waals surface area contributed by atoms with Crippen molar-refractivity contribution in [2.75, 3.05) is 6.54 Å². The number of benzene rings is 1. The van der Waals surface area contributed by atoms with Gasteiger partial charge in [-0.05, 0) is 25.1 Å². The van der Waals surface area contributed by atoms with Crippen LogP contribution >= 0.6 is 0 Å². The molecule has 0 aliphatic rings. The Morgan fingerprint density at radius 2 is 2.04 bits per heavy atom. The summed E-state index contributed by atoms with van der Waals surface area (Å²) in [4.78, 5) is 24.1. The molecule has 1 amide bonds. The van der Waals surface area contributed by atoms with Gasteiger partial charge in [0.15, 0.2) is 5.69 Å². The molecular formula is C16H15N3O4. The van der Waals surface area contributed by atoms with E-state index in [-0.39, 0.29) is 17.8 Å². The summed E-state index contributed by atoms with van der Waals surface area (Å²) in [6.45, 7) is 1.47. The number of aromatic amines is 1. The largest absolute Gasteiger partial charge is 0.466 e. The lowest BCUT2D eigenvalue weighted by Crippen LogP contribution is -2.39. The van der Waals surface area contributed by atoms with Crippen LogP contribution in [-0.4, -0.2) is 27.8 Å². The van der Waals surface area contributed by atoms with Gasteiger partial charge < -0.3 is 14.8 Å². The molecule has 7 nitrogen and oxygen atoms in total. The number of nitrogens with one attached hydrogen (secondary N) is 2. The second kappa shape index (κ2) is 5.69. The van der Waals surface area contributed by atoms with E-state index in [9.17, 15) is 14.7 Å². The van der Waals surface area contributed by atoms with Crippen LogP contribution in [0, 0.1) is 0 Å². The predicted octanol–water partition coefficient (Wildman–Crippen LogP) is 1.15. The van der Waals surface area contributed by atoms with Crippen LogP contribution in [0.1, 0.15) is 23.2 Å². The van der Waals surface area contributed by atoms with Crippen LogP contribution in [0.3, 0.4) is 0 Å². The molecule has 1 atom stereocenters. The molecule has 3 rings (SSSR count). The van der Waals surface area contributed by atoms with Crippen molar-refractivity contribution in [1.82, 2.24) is 15.5 Å². The summed E-state index contributed by atoms with van der Waals surface area (Å²) in [5.41, 5.74) is -1.62.